The van der Waals surface area contributed by atoms with Gasteiger partial charge in [-0.2, -0.15) is 0 Å². The van der Waals surface area contributed by atoms with Crippen LogP contribution in [0.2, 0.25) is 5.02 Å². The molecule has 0 aliphatic carbocycles. The maximum absolute atomic E-state index is 6.03. The molecule has 82 valence electrons. The lowest BCUT2D eigenvalue weighted by Crippen LogP contribution is -1.89. The van der Waals surface area contributed by atoms with E-state index < -0.39 is 0 Å². The van der Waals surface area contributed by atoms with Gasteiger partial charge in [0.2, 0.25) is 0 Å². The highest BCUT2D eigenvalue weighted by Crippen LogP contribution is 2.22. The summed E-state index contributed by atoms with van der Waals surface area (Å²) in [6, 6.07) is 5.94. The molecule has 0 fully saturated rings. The molecule has 0 aliphatic heterocycles. The van der Waals surface area contributed by atoms with E-state index in [9.17, 15) is 0 Å². The summed E-state index contributed by atoms with van der Waals surface area (Å²) in [6.07, 6.45) is 3.48. The number of aliphatic imine (C=N–C) groups is 1. The van der Waals surface area contributed by atoms with Crippen molar-refractivity contribution in [3.8, 4) is 0 Å². The first-order valence-corrected chi connectivity index (χ1v) is 5.81. The van der Waals surface area contributed by atoms with Crippen molar-refractivity contribution in [1.82, 2.24) is 0 Å². The van der Waals surface area contributed by atoms with Gasteiger partial charge in [-0.1, -0.05) is 31.0 Å². The predicted octanol–water partition coefficient (Wildman–Crippen LogP) is 4.93. The van der Waals surface area contributed by atoms with E-state index in [4.69, 9.17) is 11.6 Å². The summed E-state index contributed by atoms with van der Waals surface area (Å²) >= 11 is 6.03. The smallest absolute Gasteiger partial charge is 0.0643 e. The summed E-state index contributed by atoms with van der Waals surface area (Å²) in [6.45, 7) is 6.26. The molecule has 0 saturated heterocycles. The van der Waals surface area contributed by atoms with Crippen LogP contribution in [0.5, 0.6) is 0 Å². The molecular formula is C13H18ClN. The molecule has 0 amide bonds. The van der Waals surface area contributed by atoms with Gasteiger partial charge in [0, 0.05) is 10.7 Å². The quantitative estimate of drug-likeness (QED) is 0.642. The predicted molar refractivity (Wildman–Crippen MR) is 68.5 cm³/mol. The molecule has 0 aliphatic rings. The fourth-order valence-electron chi connectivity index (χ4n) is 1.36. The Morgan fingerprint density at radius 3 is 2.73 bits per heavy atom. The fraction of sp³-hybridized carbons (Fsp3) is 0.462. The Morgan fingerprint density at radius 1 is 1.40 bits per heavy atom. The molecule has 0 radical (unpaired) electrons. The van der Waals surface area contributed by atoms with Crippen molar-refractivity contribution >= 4 is 23.0 Å². The monoisotopic (exact) mass is 223 g/mol. The van der Waals surface area contributed by atoms with Gasteiger partial charge in [-0.15, -0.1) is 0 Å². The zero-order valence-corrected chi connectivity index (χ0v) is 10.4. The zero-order valence-electron chi connectivity index (χ0n) is 9.68. The summed E-state index contributed by atoms with van der Waals surface area (Å²) in [7, 11) is 0. The van der Waals surface area contributed by atoms with Crippen LogP contribution in [0.15, 0.2) is 23.2 Å². The SMILES string of the molecule is CCCCC(C)=Nc1ccc(C)c(Cl)c1. The lowest BCUT2D eigenvalue weighted by atomic mass is 10.2. The van der Waals surface area contributed by atoms with Crippen molar-refractivity contribution in [2.75, 3.05) is 0 Å². The number of hydrogen-bond donors (Lipinski definition) is 0. The van der Waals surface area contributed by atoms with Crippen LogP contribution in [0, 0.1) is 6.92 Å². The van der Waals surface area contributed by atoms with Gasteiger partial charge in [0.15, 0.2) is 0 Å². The van der Waals surface area contributed by atoms with E-state index in [2.05, 4.69) is 18.8 Å². The molecule has 0 aromatic heterocycles. The average molecular weight is 224 g/mol. The van der Waals surface area contributed by atoms with Gasteiger partial charge in [-0.05, 0) is 44.4 Å². The van der Waals surface area contributed by atoms with Crippen LogP contribution in [0.3, 0.4) is 0 Å². The van der Waals surface area contributed by atoms with Crippen molar-refractivity contribution in [2.45, 2.75) is 40.0 Å². The minimum absolute atomic E-state index is 0.791. The maximum Gasteiger partial charge on any atom is 0.0643 e. The van der Waals surface area contributed by atoms with Gasteiger partial charge in [0.25, 0.3) is 0 Å². The van der Waals surface area contributed by atoms with Crippen LogP contribution in [0.25, 0.3) is 0 Å². The number of aryl methyl sites for hydroxylation is 1. The van der Waals surface area contributed by atoms with Crippen molar-refractivity contribution in [1.29, 1.82) is 0 Å². The van der Waals surface area contributed by atoms with Crippen molar-refractivity contribution in [2.24, 2.45) is 4.99 Å². The summed E-state index contributed by atoms with van der Waals surface area (Å²) in [5, 5.41) is 0.791. The molecule has 0 spiro atoms. The van der Waals surface area contributed by atoms with Crippen molar-refractivity contribution in [3.05, 3.63) is 28.8 Å². The number of benzene rings is 1. The summed E-state index contributed by atoms with van der Waals surface area (Å²) in [5.74, 6) is 0. The molecule has 1 aromatic carbocycles. The number of nitrogens with zero attached hydrogens (tertiary/aromatic N) is 1. The van der Waals surface area contributed by atoms with Gasteiger partial charge < -0.3 is 0 Å². The number of hydrogen-bond acceptors (Lipinski definition) is 1. The molecule has 1 aromatic rings. The van der Waals surface area contributed by atoms with Crippen molar-refractivity contribution in [3.63, 3.8) is 0 Å². The Hall–Kier alpha value is -0.820. The molecule has 0 heterocycles. The molecular weight excluding hydrogens is 206 g/mol. The highest BCUT2D eigenvalue weighted by molar-refractivity contribution is 6.31. The van der Waals surface area contributed by atoms with Gasteiger partial charge in [0.05, 0.1) is 5.69 Å². The normalized spacial score (nSPS) is 11.9. The minimum Gasteiger partial charge on any atom is -0.258 e. The lowest BCUT2D eigenvalue weighted by Gasteiger charge is -2.02. The Morgan fingerprint density at radius 2 is 2.13 bits per heavy atom. The number of unbranched alkanes of at least 4 members (excludes halogenated alkanes) is 1. The second kappa shape index (κ2) is 5.92. The highest BCUT2D eigenvalue weighted by atomic mass is 35.5. The molecule has 1 rings (SSSR count). The van der Waals surface area contributed by atoms with Crippen LogP contribution in [-0.2, 0) is 0 Å². The summed E-state index contributed by atoms with van der Waals surface area (Å²) in [4.78, 5) is 4.53. The molecule has 0 saturated carbocycles. The maximum atomic E-state index is 6.03. The van der Waals surface area contributed by atoms with Crippen LogP contribution in [-0.4, -0.2) is 5.71 Å². The Balaban J connectivity index is 2.75. The van der Waals surface area contributed by atoms with Gasteiger partial charge in [-0.25, -0.2) is 0 Å². The molecule has 0 unspecified atom stereocenters. The van der Waals surface area contributed by atoms with Crippen LogP contribution < -0.4 is 0 Å². The molecule has 0 N–H and O–H groups in total. The first kappa shape index (κ1) is 12.3. The van der Waals surface area contributed by atoms with Crippen LogP contribution >= 0.6 is 11.6 Å². The molecule has 15 heavy (non-hydrogen) atoms. The third-order valence-electron chi connectivity index (χ3n) is 2.37. The lowest BCUT2D eigenvalue weighted by molar-refractivity contribution is 0.833. The minimum atomic E-state index is 0.791. The van der Waals surface area contributed by atoms with Crippen LogP contribution in [0.4, 0.5) is 5.69 Å². The first-order chi connectivity index (χ1) is 7.13. The van der Waals surface area contributed by atoms with Gasteiger partial charge >= 0.3 is 0 Å². The van der Waals surface area contributed by atoms with Crippen LogP contribution in [0.1, 0.15) is 38.7 Å². The third kappa shape index (κ3) is 4.05. The summed E-state index contributed by atoms with van der Waals surface area (Å²) in [5.41, 5.74) is 3.23. The van der Waals surface area contributed by atoms with E-state index in [0.29, 0.717) is 0 Å². The molecule has 1 nitrogen and oxygen atoms in total. The average Bonchev–Trinajstić information content (AvgIpc) is 2.20. The topological polar surface area (TPSA) is 12.4 Å². The first-order valence-electron chi connectivity index (χ1n) is 5.43. The van der Waals surface area contributed by atoms with E-state index in [1.807, 2.05) is 25.1 Å². The second-order valence-corrected chi connectivity index (χ2v) is 4.29. The Labute approximate surface area is 97.2 Å². The number of halogens is 1. The fourth-order valence-corrected chi connectivity index (χ4v) is 1.53. The third-order valence-corrected chi connectivity index (χ3v) is 2.77. The van der Waals surface area contributed by atoms with Gasteiger partial charge in [-0.3, -0.25) is 4.99 Å². The Bertz CT molecular complexity index is 356. The van der Waals surface area contributed by atoms with E-state index in [0.717, 1.165) is 22.7 Å². The second-order valence-electron chi connectivity index (χ2n) is 3.88. The van der Waals surface area contributed by atoms with Crippen molar-refractivity contribution < 1.29 is 0 Å². The van der Waals surface area contributed by atoms with E-state index in [1.54, 1.807) is 0 Å². The molecule has 0 atom stereocenters. The highest BCUT2D eigenvalue weighted by Gasteiger charge is 1.97. The Kier molecular flexibility index (Phi) is 4.83. The largest absolute Gasteiger partial charge is 0.258 e. The van der Waals surface area contributed by atoms with E-state index in [1.165, 1.54) is 18.6 Å². The standard InChI is InChI=1S/C13H18ClN/c1-4-5-6-11(3)15-12-8-7-10(2)13(14)9-12/h7-9H,4-6H2,1-3H3. The number of rotatable bonds is 4. The van der Waals surface area contributed by atoms with Gasteiger partial charge in [0.1, 0.15) is 0 Å². The molecule has 2 heteroatoms. The van der Waals surface area contributed by atoms with E-state index >= 15 is 0 Å². The molecule has 0 bridgehead atoms. The summed E-state index contributed by atoms with van der Waals surface area (Å²) < 4.78 is 0. The van der Waals surface area contributed by atoms with E-state index in [-0.39, 0.29) is 0 Å². The zero-order chi connectivity index (χ0) is 11.3.